The van der Waals surface area contributed by atoms with Crippen LogP contribution in [-0.2, 0) is 11.3 Å². The first-order valence-electron chi connectivity index (χ1n) is 9.36. The third-order valence-electron chi connectivity index (χ3n) is 4.74. The summed E-state index contributed by atoms with van der Waals surface area (Å²) in [6, 6.07) is 16.0. The van der Waals surface area contributed by atoms with Gasteiger partial charge in [-0.2, -0.15) is 0 Å². The van der Waals surface area contributed by atoms with Gasteiger partial charge in [-0.1, -0.05) is 58.0 Å². The number of carbonyl (C=O) groups is 1. The van der Waals surface area contributed by atoms with Gasteiger partial charge in [-0.3, -0.25) is 9.89 Å². The van der Waals surface area contributed by atoms with E-state index in [2.05, 4.69) is 31.1 Å². The lowest BCUT2D eigenvalue weighted by Crippen LogP contribution is -2.34. The van der Waals surface area contributed by atoms with E-state index in [0.717, 1.165) is 34.2 Å². The molecule has 29 heavy (non-hydrogen) atoms. The maximum Gasteiger partial charge on any atom is 0.233 e. The molecule has 1 aliphatic carbocycles. The maximum atomic E-state index is 12.9. The van der Waals surface area contributed by atoms with Gasteiger partial charge in [-0.15, -0.1) is 5.10 Å². The van der Waals surface area contributed by atoms with Crippen molar-refractivity contribution in [2.45, 2.75) is 30.6 Å². The number of nitrogens with zero attached hydrogens (tertiary/aromatic N) is 3. The number of rotatable bonds is 8. The Hall–Kier alpha value is -2.32. The van der Waals surface area contributed by atoms with Crippen molar-refractivity contribution in [3.63, 3.8) is 0 Å². The molecule has 0 aliphatic heterocycles. The molecule has 8 heteroatoms. The van der Waals surface area contributed by atoms with E-state index < -0.39 is 0 Å². The fourth-order valence-corrected chi connectivity index (χ4v) is 4.19. The van der Waals surface area contributed by atoms with Crippen LogP contribution in [0.5, 0.6) is 5.75 Å². The second-order valence-electron chi connectivity index (χ2n) is 6.84. The van der Waals surface area contributed by atoms with Crippen molar-refractivity contribution in [1.82, 2.24) is 20.1 Å². The van der Waals surface area contributed by atoms with Crippen molar-refractivity contribution in [3.05, 3.63) is 58.6 Å². The topological polar surface area (TPSA) is 71.1 Å². The summed E-state index contributed by atoms with van der Waals surface area (Å²) in [6.07, 6.45) is 2.14. The molecule has 0 spiro atoms. The third-order valence-corrected chi connectivity index (χ3v) is 6.26. The number of thioether (sulfide) groups is 1. The molecule has 1 N–H and O–H groups in total. The Morgan fingerprint density at radius 1 is 1.24 bits per heavy atom. The molecule has 2 aromatic carbocycles. The maximum absolute atomic E-state index is 12.9. The van der Waals surface area contributed by atoms with Gasteiger partial charge in [-0.25, -0.2) is 4.98 Å². The van der Waals surface area contributed by atoms with Crippen LogP contribution in [0.2, 0.25) is 0 Å². The van der Waals surface area contributed by atoms with Gasteiger partial charge in [0, 0.05) is 22.6 Å². The highest BCUT2D eigenvalue weighted by atomic mass is 79.9. The molecular weight excluding hydrogens is 452 g/mol. The number of carbonyl (C=O) groups excluding carboxylic acids is 1. The molecule has 0 saturated heterocycles. The Bertz CT molecular complexity index is 988. The molecule has 0 bridgehead atoms. The standard InChI is InChI=1S/C21H21BrN4O2S/c1-28-16-10-6-14(7-11-16)12-26(15-8-9-15)19(27)13-29-21-23-20(24-25-21)17-4-2-3-5-18(17)22/h2-7,10-11,15H,8-9,12-13H2,1H3,(H,23,24,25). The van der Waals surface area contributed by atoms with Crippen LogP contribution in [0.3, 0.4) is 0 Å². The Kier molecular flexibility index (Phi) is 6.20. The minimum Gasteiger partial charge on any atom is -0.497 e. The highest BCUT2D eigenvalue weighted by Crippen LogP contribution is 2.30. The molecule has 3 aromatic rings. The number of hydrogen-bond acceptors (Lipinski definition) is 5. The average molecular weight is 473 g/mol. The monoisotopic (exact) mass is 472 g/mol. The Morgan fingerprint density at radius 2 is 2.00 bits per heavy atom. The Morgan fingerprint density at radius 3 is 2.69 bits per heavy atom. The second kappa shape index (κ2) is 9.00. The average Bonchev–Trinajstić information content (AvgIpc) is 3.48. The fraction of sp³-hybridized carbons (Fsp3) is 0.286. The van der Waals surface area contributed by atoms with E-state index in [1.54, 1.807) is 7.11 Å². The van der Waals surface area contributed by atoms with Crippen molar-refractivity contribution >= 4 is 33.6 Å². The number of nitrogens with one attached hydrogen (secondary N) is 1. The highest BCUT2D eigenvalue weighted by molar-refractivity contribution is 9.10. The Labute approximate surface area is 182 Å². The van der Waals surface area contributed by atoms with Crippen LogP contribution in [0.4, 0.5) is 0 Å². The number of H-pyrrole nitrogens is 1. The lowest BCUT2D eigenvalue weighted by atomic mass is 10.2. The van der Waals surface area contributed by atoms with E-state index in [4.69, 9.17) is 4.74 Å². The van der Waals surface area contributed by atoms with Crippen LogP contribution in [-0.4, -0.2) is 44.9 Å². The largest absolute Gasteiger partial charge is 0.497 e. The predicted octanol–water partition coefficient (Wildman–Crippen LogP) is 4.53. The molecule has 0 unspecified atom stereocenters. The zero-order chi connectivity index (χ0) is 20.2. The van der Waals surface area contributed by atoms with Crippen LogP contribution < -0.4 is 4.74 Å². The van der Waals surface area contributed by atoms with E-state index in [1.807, 2.05) is 53.4 Å². The molecule has 6 nitrogen and oxygen atoms in total. The number of benzene rings is 2. The minimum absolute atomic E-state index is 0.112. The van der Waals surface area contributed by atoms with E-state index in [0.29, 0.717) is 29.3 Å². The molecule has 1 heterocycles. The van der Waals surface area contributed by atoms with Crippen molar-refractivity contribution in [2.75, 3.05) is 12.9 Å². The van der Waals surface area contributed by atoms with Gasteiger partial charge in [0.2, 0.25) is 11.1 Å². The second-order valence-corrected chi connectivity index (χ2v) is 8.63. The molecule has 1 saturated carbocycles. The lowest BCUT2D eigenvalue weighted by Gasteiger charge is -2.22. The van der Waals surface area contributed by atoms with Gasteiger partial charge in [0.05, 0.1) is 12.9 Å². The molecule has 150 valence electrons. The van der Waals surface area contributed by atoms with E-state index >= 15 is 0 Å². The van der Waals surface area contributed by atoms with Gasteiger partial charge in [0.15, 0.2) is 5.82 Å². The van der Waals surface area contributed by atoms with Crippen LogP contribution in [0.1, 0.15) is 18.4 Å². The quantitative estimate of drug-likeness (QED) is 0.487. The molecule has 1 aromatic heterocycles. The first-order chi connectivity index (χ1) is 14.1. The van der Waals surface area contributed by atoms with Crippen molar-refractivity contribution < 1.29 is 9.53 Å². The number of hydrogen-bond donors (Lipinski definition) is 1. The zero-order valence-electron chi connectivity index (χ0n) is 16.0. The highest BCUT2D eigenvalue weighted by Gasteiger charge is 2.32. The first-order valence-corrected chi connectivity index (χ1v) is 11.1. The van der Waals surface area contributed by atoms with Crippen LogP contribution in [0, 0.1) is 0 Å². The van der Waals surface area contributed by atoms with E-state index in [9.17, 15) is 4.79 Å². The van der Waals surface area contributed by atoms with Gasteiger partial charge < -0.3 is 9.64 Å². The van der Waals surface area contributed by atoms with Gasteiger partial charge >= 0.3 is 0 Å². The number of methoxy groups -OCH3 is 1. The number of ether oxygens (including phenoxy) is 1. The van der Waals surface area contributed by atoms with Crippen molar-refractivity contribution in [2.24, 2.45) is 0 Å². The number of aromatic nitrogens is 3. The predicted molar refractivity (Wildman–Crippen MR) is 117 cm³/mol. The number of halogens is 1. The lowest BCUT2D eigenvalue weighted by molar-refractivity contribution is -0.129. The normalized spacial score (nSPS) is 13.3. The molecule has 1 aliphatic rings. The number of amides is 1. The first kappa shape index (κ1) is 20.0. The van der Waals surface area contributed by atoms with Crippen LogP contribution >= 0.6 is 27.7 Å². The van der Waals surface area contributed by atoms with Gasteiger partial charge in [-0.05, 0) is 36.6 Å². The summed E-state index contributed by atoms with van der Waals surface area (Å²) in [5, 5.41) is 7.78. The molecule has 1 amide bonds. The summed E-state index contributed by atoms with van der Waals surface area (Å²) >= 11 is 4.88. The van der Waals surface area contributed by atoms with Gasteiger partial charge in [0.1, 0.15) is 5.75 Å². The minimum atomic E-state index is 0.112. The molecular formula is C21H21BrN4O2S. The number of aromatic amines is 1. The van der Waals surface area contributed by atoms with Crippen LogP contribution in [0.15, 0.2) is 58.2 Å². The molecule has 0 radical (unpaired) electrons. The smallest absolute Gasteiger partial charge is 0.233 e. The summed E-state index contributed by atoms with van der Waals surface area (Å²) < 4.78 is 6.15. The summed E-state index contributed by atoms with van der Waals surface area (Å²) in [5.41, 5.74) is 2.04. The van der Waals surface area contributed by atoms with Crippen molar-refractivity contribution in [1.29, 1.82) is 0 Å². The Balaban J connectivity index is 1.38. The summed E-state index contributed by atoms with van der Waals surface area (Å²) in [5.74, 6) is 1.93. The summed E-state index contributed by atoms with van der Waals surface area (Å²) in [7, 11) is 1.65. The molecule has 1 fully saturated rings. The SMILES string of the molecule is COc1ccc(CN(C(=O)CSc2n[nH]c(-c3ccccc3Br)n2)C2CC2)cc1. The summed E-state index contributed by atoms with van der Waals surface area (Å²) in [4.78, 5) is 19.3. The van der Waals surface area contributed by atoms with E-state index in [1.165, 1.54) is 11.8 Å². The van der Waals surface area contributed by atoms with Crippen LogP contribution in [0.25, 0.3) is 11.4 Å². The van der Waals surface area contributed by atoms with Crippen molar-refractivity contribution in [3.8, 4) is 17.1 Å². The molecule has 0 atom stereocenters. The fourth-order valence-electron chi connectivity index (χ4n) is 3.03. The third kappa shape index (κ3) is 5.00. The molecule has 4 rings (SSSR count). The zero-order valence-corrected chi connectivity index (χ0v) is 18.4. The summed E-state index contributed by atoms with van der Waals surface area (Å²) in [6.45, 7) is 0.615. The van der Waals surface area contributed by atoms with Gasteiger partial charge in [0.25, 0.3) is 0 Å². The van der Waals surface area contributed by atoms with E-state index in [-0.39, 0.29) is 5.91 Å².